The van der Waals surface area contributed by atoms with Crippen molar-refractivity contribution in [2.75, 3.05) is 24.8 Å². The molecule has 0 fully saturated rings. The molecule has 3 N–H and O–H groups in total. The molecular formula is C22H23N3O3. The lowest BCUT2D eigenvalue weighted by molar-refractivity contribution is 0.176. The largest absolute Gasteiger partial charge is 0.497 e. The van der Waals surface area contributed by atoms with E-state index in [1.807, 2.05) is 36.4 Å². The number of amides is 1. The molecule has 0 unspecified atom stereocenters. The smallest absolute Gasteiger partial charge is 0.412 e. The van der Waals surface area contributed by atoms with Gasteiger partial charge in [0.1, 0.15) is 5.75 Å². The maximum atomic E-state index is 11.8. The molecule has 2 aromatic carbocycles. The number of hydrogen-bond donors (Lipinski definition) is 2. The monoisotopic (exact) mass is 377 g/mol. The van der Waals surface area contributed by atoms with Gasteiger partial charge in [0.05, 0.1) is 24.0 Å². The van der Waals surface area contributed by atoms with Crippen LogP contribution in [0.2, 0.25) is 0 Å². The molecule has 3 rings (SSSR count). The first-order valence-electron chi connectivity index (χ1n) is 8.91. The van der Waals surface area contributed by atoms with Gasteiger partial charge >= 0.3 is 6.09 Å². The van der Waals surface area contributed by atoms with E-state index in [0.717, 1.165) is 27.9 Å². The molecule has 1 heterocycles. The van der Waals surface area contributed by atoms with Gasteiger partial charge in [0.15, 0.2) is 6.61 Å². The zero-order valence-corrected chi connectivity index (χ0v) is 16.2. The molecule has 1 amide bonds. The van der Waals surface area contributed by atoms with Crippen molar-refractivity contribution in [1.29, 1.82) is 0 Å². The van der Waals surface area contributed by atoms with Crippen LogP contribution in [-0.4, -0.2) is 24.4 Å². The van der Waals surface area contributed by atoms with Crippen molar-refractivity contribution in [3.63, 3.8) is 0 Å². The van der Waals surface area contributed by atoms with Crippen molar-refractivity contribution in [2.45, 2.75) is 19.9 Å². The maximum Gasteiger partial charge on any atom is 0.412 e. The predicted octanol–water partition coefficient (Wildman–Crippen LogP) is 4.66. The number of carbonyl (C=O) groups is 1. The van der Waals surface area contributed by atoms with E-state index >= 15 is 0 Å². The molecule has 0 saturated carbocycles. The summed E-state index contributed by atoms with van der Waals surface area (Å²) in [5, 5.41) is 3.64. The number of nitrogen functional groups attached to an aromatic ring is 1. The van der Waals surface area contributed by atoms with E-state index in [1.165, 1.54) is 0 Å². The molecule has 0 atom stereocenters. The molecule has 3 aromatic rings. The SMILES string of the molecule is C#CCOC(=O)Nc1cccc(-c2c(N)c3ccc(OC)cc3n2C(C)C)c1. The van der Waals surface area contributed by atoms with Crippen LogP contribution in [0.5, 0.6) is 5.75 Å². The summed E-state index contributed by atoms with van der Waals surface area (Å²) < 4.78 is 12.4. The first-order valence-corrected chi connectivity index (χ1v) is 8.91. The van der Waals surface area contributed by atoms with Gasteiger partial charge in [-0.1, -0.05) is 18.1 Å². The van der Waals surface area contributed by atoms with Gasteiger partial charge in [-0.15, -0.1) is 6.42 Å². The molecule has 0 radical (unpaired) electrons. The number of terminal acetylenes is 1. The number of benzene rings is 2. The summed E-state index contributed by atoms with van der Waals surface area (Å²) >= 11 is 0. The van der Waals surface area contributed by atoms with Crippen LogP contribution in [0.3, 0.4) is 0 Å². The van der Waals surface area contributed by atoms with Gasteiger partial charge in [-0.05, 0) is 38.1 Å². The Balaban J connectivity index is 2.10. The highest BCUT2D eigenvalue weighted by Gasteiger charge is 2.19. The van der Waals surface area contributed by atoms with E-state index in [2.05, 4.69) is 29.7 Å². The van der Waals surface area contributed by atoms with Crippen molar-refractivity contribution >= 4 is 28.4 Å². The Kier molecular flexibility index (Phi) is 5.46. The third-order valence-electron chi connectivity index (χ3n) is 4.44. The standard InChI is InChI=1S/C22H23N3O3/c1-5-11-28-22(26)24-16-8-6-7-15(12-16)21-20(23)18-10-9-17(27-4)13-19(18)25(21)14(2)3/h1,6-10,12-14H,11,23H2,2-4H3,(H,24,26). The van der Waals surface area contributed by atoms with Crippen molar-refractivity contribution in [2.24, 2.45) is 0 Å². The van der Waals surface area contributed by atoms with E-state index in [9.17, 15) is 4.79 Å². The molecule has 0 aliphatic carbocycles. The van der Waals surface area contributed by atoms with Crippen molar-refractivity contribution in [3.05, 3.63) is 42.5 Å². The average Bonchev–Trinajstić information content (AvgIpc) is 2.98. The van der Waals surface area contributed by atoms with Gasteiger partial charge in [-0.3, -0.25) is 5.32 Å². The van der Waals surface area contributed by atoms with Gasteiger partial charge < -0.3 is 19.8 Å². The number of methoxy groups -OCH3 is 1. The maximum absolute atomic E-state index is 11.8. The fourth-order valence-corrected chi connectivity index (χ4v) is 3.28. The molecule has 0 aliphatic heterocycles. The van der Waals surface area contributed by atoms with E-state index in [0.29, 0.717) is 11.4 Å². The van der Waals surface area contributed by atoms with E-state index in [-0.39, 0.29) is 12.6 Å². The fraction of sp³-hybridized carbons (Fsp3) is 0.227. The van der Waals surface area contributed by atoms with Crippen LogP contribution >= 0.6 is 0 Å². The highest BCUT2D eigenvalue weighted by atomic mass is 16.5. The topological polar surface area (TPSA) is 78.5 Å². The number of fused-ring (bicyclic) bond motifs is 1. The normalized spacial score (nSPS) is 10.7. The van der Waals surface area contributed by atoms with E-state index in [1.54, 1.807) is 13.2 Å². The number of nitrogens with two attached hydrogens (primary N) is 1. The number of ether oxygens (including phenoxy) is 2. The van der Waals surface area contributed by atoms with Crippen LogP contribution in [0.25, 0.3) is 22.2 Å². The third-order valence-corrected chi connectivity index (χ3v) is 4.44. The van der Waals surface area contributed by atoms with Crippen LogP contribution in [0.15, 0.2) is 42.5 Å². The summed E-state index contributed by atoms with van der Waals surface area (Å²) in [5.74, 6) is 3.03. The Labute approximate surface area is 164 Å². The Hall–Kier alpha value is -3.59. The molecule has 0 spiro atoms. The molecular weight excluding hydrogens is 354 g/mol. The fourth-order valence-electron chi connectivity index (χ4n) is 3.28. The lowest BCUT2D eigenvalue weighted by Crippen LogP contribution is -2.13. The van der Waals surface area contributed by atoms with Crippen LogP contribution < -0.4 is 15.8 Å². The van der Waals surface area contributed by atoms with Crippen LogP contribution in [0.4, 0.5) is 16.2 Å². The van der Waals surface area contributed by atoms with Crippen LogP contribution in [0, 0.1) is 12.3 Å². The molecule has 144 valence electrons. The minimum Gasteiger partial charge on any atom is -0.497 e. The minimum absolute atomic E-state index is 0.0815. The number of nitrogens with zero attached hydrogens (tertiary/aromatic N) is 1. The number of hydrogen-bond acceptors (Lipinski definition) is 4. The van der Waals surface area contributed by atoms with Gasteiger partial charge in [0, 0.05) is 28.7 Å². The second-order valence-electron chi connectivity index (χ2n) is 6.60. The zero-order valence-electron chi connectivity index (χ0n) is 16.2. The molecule has 6 nitrogen and oxygen atoms in total. The lowest BCUT2D eigenvalue weighted by Gasteiger charge is -2.16. The summed E-state index contributed by atoms with van der Waals surface area (Å²) in [5.41, 5.74) is 10.6. The second-order valence-corrected chi connectivity index (χ2v) is 6.60. The Bertz CT molecular complexity index is 1060. The molecule has 0 bridgehead atoms. The molecule has 0 saturated heterocycles. The first kappa shape index (κ1) is 19.2. The number of aromatic nitrogens is 1. The quantitative estimate of drug-likeness (QED) is 0.634. The summed E-state index contributed by atoms with van der Waals surface area (Å²) in [6, 6.07) is 13.5. The highest BCUT2D eigenvalue weighted by molar-refractivity contribution is 6.02. The number of carbonyl (C=O) groups excluding carboxylic acids is 1. The number of rotatable bonds is 5. The van der Waals surface area contributed by atoms with Gasteiger partial charge in [0.2, 0.25) is 0 Å². The van der Waals surface area contributed by atoms with Crippen molar-refractivity contribution in [3.8, 4) is 29.4 Å². The van der Waals surface area contributed by atoms with Crippen molar-refractivity contribution < 1.29 is 14.3 Å². The second kappa shape index (κ2) is 7.97. The first-order chi connectivity index (χ1) is 13.5. The van der Waals surface area contributed by atoms with E-state index < -0.39 is 6.09 Å². The molecule has 1 aromatic heterocycles. The molecule has 6 heteroatoms. The van der Waals surface area contributed by atoms with Crippen LogP contribution in [-0.2, 0) is 4.74 Å². The van der Waals surface area contributed by atoms with Gasteiger partial charge in [0.25, 0.3) is 0 Å². The predicted molar refractivity (Wildman–Crippen MR) is 113 cm³/mol. The van der Waals surface area contributed by atoms with Crippen molar-refractivity contribution in [1.82, 2.24) is 4.57 Å². The number of anilines is 2. The van der Waals surface area contributed by atoms with E-state index in [4.69, 9.17) is 21.6 Å². The summed E-state index contributed by atoms with van der Waals surface area (Å²) in [6.45, 7) is 4.12. The summed E-state index contributed by atoms with van der Waals surface area (Å²) in [4.78, 5) is 11.8. The highest BCUT2D eigenvalue weighted by Crippen LogP contribution is 2.40. The zero-order chi connectivity index (χ0) is 20.3. The Morgan fingerprint density at radius 1 is 1.29 bits per heavy atom. The lowest BCUT2D eigenvalue weighted by atomic mass is 10.1. The van der Waals surface area contributed by atoms with Crippen LogP contribution in [0.1, 0.15) is 19.9 Å². The average molecular weight is 377 g/mol. The number of nitrogens with one attached hydrogen (secondary N) is 1. The summed E-state index contributed by atoms with van der Waals surface area (Å²) in [7, 11) is 1.64. The van der Waals surface area contributed by atoms with Gasteiger partial charge in [-0.25, -0.2) is 4.79 Å². The third kappa shape index (κ3) is 3.60. The summed E-state index contributed by atoms with van der Waals surface area (Å²) in [6.07, 6.45) is 4.51. The molecule has 28 heavy (non-hydrogen) atoms. The Morgan fingerprint density at radius 3 is 2.75 bits per heavy atom. The van der Waals surface area contributed by atoms with Gasteiger partial charge in [-0.2, -0.15) is 0 Å². The molecule has 0 aliphatic rings. The Morgan fingerprint density at radius 2 is 2.07 bits per heavy atom. The minimum atomic E-state index is -0.600.